The number of hydrogen-bond acceptors (Lipinski definition) is 2. The van der Waals surface area contributed by atoms with Crippen molar-refractivity contribution in [1.82, 2.24) is 5.32 Å². The molecule has 0 bridgehead atoms. The number of hydrogen-bond donors (Lipinski definition) is 2. The van der Waals surface area contributed by atoms with E-state index in [4.69, 9.17) is 5.11 Å². The molecule has 1 fully saturated rings. The number of rotatable bonds is 2. The van der Waals surface area contributed by atoms with E-state index in [9.17, 15) is 4.39 Å². The second kappa shape index (κ2) is 3.15. The molecule has 0 aromatic carbocycles. The molecule has 0 aromatic heterocycles. The molecule has 0 saturated carbocycles. The van der Waals surface area contributed by atoms with E-state index in [2.05, 4.69) is 11.9 Å². The van der Waals surface area contributed by atoms with E-state index < -0.39 is 11.7 Å². The van der Waals surface area contributed by atoms with E-state index in [-0.39, 0.29) is 12.6 Å². The van der Waals surface area contributed by atoms with Crippen molar-refractivity contribution >= 4 is 0 Å². The van der Waals surface area contributed by atoms with E-state index in [1.165, 1.54) is 0 Å². The molecule has 3 heteroatoms. The van der Waals surface area contributed by atoms with Gasteiger partial charge in [-0.3, -0.25) is 0 Å². The predicted molar refractivity (Wildman–Crippen MR) is 46.7 cm³/mol. The van der Waals surface area contributed by atoms with Crippen LogP contribution in [0.15, 0.2) is 12.2 Å². The van der Waals surface area contributed by atoms with Crippen LogP contribution in [0.3, 0.4) is 0 Å². The van der Waals surface area contributed by atoms with Crippen molar-refractivity contribution in [2.24, 2.45) is 0 Å². The normalized spacial score (nSPS) is 41.7. The third kappa shape index (κ3) is 1.39. The van der Waals surface area contributed by atoms with Crippen molar-refractivity contribution in [2.45, 2.75) is 38.0 Å². The summed E-state index contributed by atoms with van der Waals surface area (Å²) in [4.78, 5) is 0. The first-order valence-corrected chi connectivity index (χ1v) is 4.20. The second-order valence-corrected chi connectivity index (χ2v) is 3.67. The molecule has 0 aromatic rings. The molecular formula is C9H16FNO. The molecule has 1 rings (SSSR count). The lowest BCUT2D eigenvalue weighted by Gasteiger charge is -2.27. The molecule has 1 saturated heterocycles. The van der Waals surface area contributed by atoms with Crippen molar-refractivity contribution in [1.29, 1.82) is 0 Å². The highest BCUT2D eigenvalue weighted by molar-refractivity contribution is 5.20. The van der Waals surface area contributed by atoms with E-state index in [1.807, 2.05) is 6.92 Å². The Bertz CT molecular complexity index is 183. The minimum absolute atomic E-state index is 0.0763. The summed E-state index contributed by atoms with van der Waals surface area (Å²) >= 11 is 0. The van der Waals surface area contributed by atoms with Crippen LogP contribution in [-0.2, 0) is 0 Å². The maximum absolute atomic E-state index is 13.1. The van der Waals surface area contributed by atoms with Crippen molar-refractivity contribution in [3.05, 3.63) is 12.2 Å². The molecule has 2 nitrogen and oxygen atoms in total. The summed E-state index contributed by atoms with van der Waals surface area (Å²) in [6.45, 7) is 7.28. The number of aliphatic hydroxyl groups excluding tert-OH is 1. The highest BCUT2D eigenvalue weighted by Crippen LogP contribution is 2.30. The van der Waals surface area contributed by atoms with Gasteiger partial charge in [-0.2, -0.15) is 0 Å². The van der Waals surface area contributed by atoms with Gasteiger partial charge in [0.2, 0.25) is 0 Å². The minimum Gasteiger partial charge on any atom is -0.394 e. The van der Waals surface area contributed by atoms with Crippen LogP contribution < -0.4 is 5.32 Å². The summed E-state index contributed by atoms with van der Waals surface area (Å²) < 4.78 is 13.1. The van der Waals surface area contributed by atoms with Crippen LogP contribution in [-0.4, -0.2) is 29.5 Å². The van der Waals surface area contributed by atoms with Crippen LogP contribution >= 0.6 is 0 Å². The molecule has 0 spiro atoms. The van der Waals surface area contributed by atoms with E-state index in [1.54, 1.807) is 6.92 Å². The fraction of sp³-hybridized carbons (Fsp3) is 0.778. The van der Waals surface area contributed by atoms with Gasteiger partial charge in [-0.1, -0.05) is 12.2 Å². The van der Waals surface area contributed by atoms with Gasteiger partial charge in [-0.15, -0.1) is 0 Å². The molecule has 2 N–H and O–H groups in total. The molecule has 0 amide bonds. The van der Waals surface area contributed by atoms with Gasteiger partial charge in [-0.05, 0) is 13.8 Å². The second-order valence-electron chi connectivity index (χ2n) is 3.67. The van der Waals surface area contributed by atoms with Crippen molar-refractivity contribution in [2.75, 3.05) is 6.61 Å². The molecule has 3 atom stereocenters. The quantitative estimate of drug-likeness (QED) is 0.611. The molecule has 0 radical (unpaired) electrons. The van der Waals surface area contributed by atoms with Crippen LogP contribution in [0.25, 0.3) is 0 Å². The van der Waals surface area contributed by atoms with Gasteiger partial charge < -0.3 is 10.4 Å². The fourth-order valence-electron chi connectivity index (χ4n) is 1.64. The summed E-state index contributed by atoms with van der Waals surface area (Å²) in [7, 11) is 0. The molecule has 1 heterocycles. The third-order valence-electron chi connectivity index (χ3n) is 2.68. The van der Waals surface area contributed by atoms with Crippen LogP contribution in [0.1, 0.15) is 20.3 Å². The van der Waals surface area contributed by atoms with E-state index in [0.717, 1.165) is 5.57 Å². The van der Waals surface area contributed by atoms with Crippen molar-refractivity contribution in [3.63, 3.8) is 0 Å². The van der Waals surface area contributed by atoms with Gasteiger partial charge in [0.1, 0.15) is 6.17 Å². The minimum atomic E-state index is -0.881. The van der Waals surface area contributed by atoms with Crippen LogP contribution in [0, 0.1) is 0 Å². The van der Waals surface area contributed by atoms with Gasteiger partial charge in [0.05, 0.1) is 12.1 Å². The Hall–Kier alpha value is -0.410. The monoisotopic (exact) mass is 173 g/mol. The summed E-state index contributed by atoms with van der Waals surface area (Å²) in [5.41, 5.74) is 0.218. The number of aliphatic hydroxyl groups is 1. The van der Waals surface area contributed by atoms with Gasteiger partial charge in [0, 0.05) is 12.5 Å². The molecule has 12 heavy (non-hydrogen) atoms. The maximum Gasteiger partial charge on any atom is 0.117 e. The Morgan fingerprint density at radius 3 is 2.58 bits per heavy atom. The average molecular weight is 173 g/mol. The van der Waals surface area contributed by atoms with Gasteiger partial charge in [0.25, 0.3) is 0 Å². The lowest BCUT2D eigenvalue weighted by atomic mass is 9.91. The fourth-order valence-corrected chi connectivity index (χ4v) is 1.64. The molecule has 0 unspecified atom stereocenters. The standard InChI is InChI=1S/C9H16FNO/c1-6(2)9(5-12)4-8(10)7(3)11-9/h7-8,11-12H,1,4-5H2,2-3H3/t7-,8+,9-/m0/s1. The van der Waals surface area contributed by atoms with E-state index >= 15 is 0 Å². The summed E-state index contributed by atoms with van der Waals surface area (Å²) in [6, 6.07) is -0.186. The highest BCUT2D eigenvalue weighted by Gasteiger charge is 2.43. The SMILES string of the molecule is C=C(C)[C@@]1(CO)C[C@@H](F)[C@H](C)N1. The van der Waals surface area contributed by atoms with Crippen LogP contribution in [0.5, 0.6) is 0 Å². The largest absolute Gasteiger partial charge is 0.394 e. The van der Waals surface area contributed by atoms with Gasteiger partial charge in [0.15, 0.2) is 0 Å². The number of nitrogens with one attached hydrogen (secondary N) is 1. The number of halogens is 1. The smallest absolute Gasteiger partial charge is 0.117 e. The zero-order valence-corrected chi connectivity index (χ0v) is 7.60. The predicted octanol–water partition coefficient (Wildman–Crippen LogP) is 1.01. The Morgan fingerprint density at radius 1 is 1.83 bits per heavy atom. The highest BCUT2D eigenvalue weighted by atomic mass is 19.1. The van der Waals surface area contributed by atoms with Crippen molar-refractivity contribution < 1.29 is 9.50 Å². The molecule has 70 valence electrons. The number of alkyl halides is 1. The third-order valence-corrected chi connectivity index (χ3v) is 2.68. The molecule has 0 aliphatic carbocycles. The lowest BCUT2D eigenvalue weighted by molar-refractivity contribution is 0.196. The summed E-state index contributed by atoms with van der Waals surface area (Å²) in [5.74, 6) is 0. The summed E-state index contributed by atoms with van der Waals surface area (Å²) in [6.07, 6.45) is -0.547. The molecule has 1 aliphatic heterocycles. The van der Waals surface area contributed by atoms with Gasteiger partial charge in [-0.25, -0.2) is 4.39 Å². The average Bonchev–Trinajstić information content (AvgIpc) is 2.29. The Morgan fingerprint density at radius 2 is 2.42 bits per heavy atom. The zero-order chi connectivity index (χ0) is 9.35. The van der Waals surface area contributed by atoms with Crippen LogP contribution in [0.2, 0.25) is 0 Å². The Balaban J connectivity index is 2.78. The molecule has 1 aliphatic rings. The first-order valence-electron chi connectivity index (χ1n) is 4.20. The van der Waals surface area contributed by atoms with Gasteiger partial charge >= 0.3 is 0 Å². The molecular weight excluding hydrogens is 157 g/mol. The first kappa shape index (κ1) is 9.68. The first-order chi connectivity index (χ1) is 5.52. The Labute approximate surface area is 72.5 Å². The Kier molecular flexibility index (Phi) is 2.54. The topological polar surface area (TPSA) is 32.3 Å². The summed E-state index contributed by atoms with van der Waals surface area (Å²) in [5, 5.41) is 12.2. The maximum atomic E-state index is 13.1. The lowest BCUT2D eigenvalue weighted by Crippen LogP contribution is -2.46. The van der Waals surface area contributed by atoms with Crippen molar-refractivity contribution in [3.8, 4) is 0 Å². The van der Waals surface area contributed by atoms with E-state index in [0.29, 0.717) is 6.42 Å². The zero-order valence-electron chi connectivity index (χ0n) is 7.60. The van der Waals surface area contributed by atoms with Crippen LogP contribution in [0.4, 0.5) is 4.39 Å².